The molecule has 0 atom stereocenters. The maximum Gasteiger partial charge on any atom is 0.309 e. The molecule has 1 aromatic heterocycles. The summed E-state index contributed by atoms with van der Waals surface area (Å²) in [7, 11) is 6.14. The second-order valence-electron chi connectivity index (χ2n) is 10.5. The van der Waals surface area contributed by atoms with E-state index in [2.05, 4.69) is 5.32 Å². The van der Waals surface area contributed by atoms with Crippen LogP contribution in [0, 0.1) is 13.8 Å². The van der Waals surface area contributed by atoms with Crippen LogP contribution in [0.1, 0.15) is 28.4 Å². The van der Waals surface area contributed by atoms with Crippen molar-refractivity contribution >= 4 is 17.6 Å². The highest BCUT2D eigenvalue weighted by Crippen LogP contribution is 2.46. The van der Waals surface area contributed by atoms with Crippen molar-refractivity contribution in [1.82, 2.24) is 9.78 Å². The Kier molecular flexibility index (Phi) is 9.27. The zero-order chi connectivity index (χ0) is 33.0. The lowest BCUT2D eigenvalue weighted by Gasteiger charge is -2.14. The SMILES string of the molecule is COc1ccccc1C(=O)Nc1ccc(-c2c(-c3cc(OC)c(OC)c(OC)c3)nn(-c3cc(C)ccc3C)c2OC(C)=O)cc1. The summed E-state index contributed by atoms with van der Waals surface area (Å²) in [6, 6.07) is 23.8. The first-order valence-electron chi connectivity index (χ1n) is 14.4. The van der Waals surface area contributed by atoms with E-state index in [1.54, 1.807) is 67.4 Å². The Labute approximate surface area is 267 Å². The van der Waals surface area contributed by atoms with Gasteiger partial charge in [0.15, 0.2) is 11.5 Å². The van der Waals surface area contributed by atoms with E-state index in [9.17, 15) is 9.59 Å². The number of anilines is 1. The molecule has 0 spiro atoms. The Morgan fingerprint density at radius 2 is 1.39 bits per heavy atom. The van der Waals surface area contributed by atoms with Gasteiger partial charge in [0.05, 0.1) is 45.3 Å². The largest absolute Gasteiger partial charge is 0.496 e. The van der Waals surface area contributed by atoms with Crippen molar-refractivity contribution < 1.29 is 33.3 Å². The van der Waals surface area contributed by atoms with Gasteiger partial charge in [-0.25, -0.2) is 0 Å². The lowest BCUT2D eigenvalue weighted by atomic mass is 10.00. The number of aryl methyl sites for hydroxylation is 2. The number of aromatic nitrogens is 2. The van der Waals surface area contributed by atoms with Crippen molar-refractivity contribution in [2.45, 2.75) is 20.8 Å². The van der Waals surface area contributed by atoms with Gasteiger partial charge in [0.2, 0.25) is 11.6 Å². The molecule has 0 aliphatic carbocycles. The number of nitrogens with zero attached hydrogens (tertiary/aromatic N) is 2. The number of para-hydroxylation sites is 1. The van der Waals surface area contributed by atoms with E-state index in [0.29, 0.717) is 56.6 Å². The number of methoxy groups -OCH3 is 4. The number of ether oxygens (including phenoxy) is 5. The Balaban J connectivity index is 1.70. The zero-order valence-corrected chi connectivity index (χ0v) is 26.8. The van der Waals surface area contributed by atoms with E-state index in [4.69, 9.17) is 28.8 Å². The Morgan fingerprint density at radius 3 is 2.00 bits per heavy atom. The van der Waals surface area contributed by atoms with Gasteiger partial charge < -0.3 is 29.0 Å². The van der Waals surface area contributed by atoms with E-state index in [-0.39, 0.29) is 11.8 Å². The highest BCUT2D eigenvalue weighted by atomic mass is 16.5. The van der Waals surface area contributed by atoms with Crippen molar-refractivity contribution in [2.24, 2.45) is 0 Å². The van der Waals surface area contributed by atoms with Crippen LogP contribution in [0.2, 0.25) is 0 Å². The number of hydrogen-bond acceptors (Lipinski definition) is 8. The maximum absolute atomic E-state index is 13.1. The van der Waals surface area contributed by atoms with Crippen molar-refractivity contribution in [3.63, 3.8) is 0 Å². The topological polar surface area (TPSA) is 110 Å². The molecule has 1 heterocycles. The van der Waals surface area contributed by atoms with Crippen LogP contribution in [0.4, 0.5) is 5.69 Å². The molecule has 0 fully saturated rings. The highest BCUT2D eigenvalue weighted by molar-refractivity contribution is 6.06. The fourth-order valence-electron chi connectivity index (χ4n) is 5.17. The van der Waals surface area contributed by atoms with Crippen molar-refractivity contribution in [3.8, 4) is 56.9 Å². The molecule has 1 N–H and O–H groups in total. The molecule has 1 amide bonds. The number of carbonyl (C=O) groups excluding carboxylic acids is 2. The monoisotopic (exact) mass is 621 g/mol. The molecule has 4 aromatic carbocycles. The molecule has 10 nitrogen and oxygen atoms in total. The smallest absolute Gasteiger partial charge is 0.309 e. The van der Waals surface area contributed by atoms with E-state index in [1.807, 2.05) is 44.2 Å². The van der Waals surface area contributed by atoms with Crippen LogP contribution < -0.4 is 29.0 Å². The van der Waals surface area contributed by atoms with E-state index >= 15 is 0 Å². The number of nitrogens with one attached hydrogen (secondary N) is 1. The summed E-state index contributed by atoms with van der Waals surface area (Å²) in [4.78, 5) is 25.6. The van der Waals surface area contributed by atoms with Crippen LogP contribution >= 0.6 is 0 Å². The first kappa shape index (κ1) is 31.6. The third-order valence-corrected chi connectivity index (χ3v) is 7.40. The Hall–Kier alpha value is -5.77. The molecule has 5 rings (SSSR count). The fourth-order valence-corrected chi connectivity index (χ4v) is 5.17. The second-order valence-corrected chi connectivity index (χ2v) is 10.5. The zero-order valence-electron chi connectivity index (χ0n) is 26.8. The third-order valence-electron chi connectivity index (χ3n) is 7.40. The molecular formula is C36H35N3O7. The van der Waals surface area contributed by atoms with Gasteiger partial charge in [0.25, 0.3) is 5.91 Å². The molecule has 5 aromatic rings. The Morgan fingerprint density at radius 1 is 0.739 bits per heavy atom. The molecule has 0 unspecified atom stereocenters. The van der Waals surface area contributed by atoms with Crippen LogP contribution in [0.5, 0.6) is 28.9 Å². The molecule has 0 saturated heterocycles. The second kappa shape index (κ2) is 13.5. The van der Waals surface area contributed by atoms with E-state index in [1.165, 1.54) is 21.1 Å². The summed E-state index contributed by atoms with van der Waals surface area (Å²) in [5, 5.41) is 7.94. The van der Waals surface area contributed by atoms with E-state index in [0.717, 1.165) is 16.8 Å². The lowest BCUT2D eigenvalue weighted by Crippen LogP contribution is -2.13. The summed E-state index contributed by atoms with van der Waals surface area (Å²) >= 11 is 0. The highest BCUT2D eigenvalue weighted by Gasteiger charge is 2.27. The van der Waals surface area contributed by atoms with Crippen molar-refractivity contribution in [2.75, 3.05) is 33.8 Å². The number of carbonyl (C=O) groups is 2. The van der Waals surface area contributed by atoms with Crippen LogP contribution in [0.3, 0.4) is 0 Å². The fraction of sp³-hybridized carbons (Fsp3) is 0.194. The van der Waals surface area contributed by atoms with Gasteiger partial charge >= 0.3 is 5.97 Å². The third kappa shape index (κ3) is 6.23. The standard InChI is InChI=1S/C36H35N3O7/c1-21-12-13-22(2)28(18-21)39-36(46-23(3)40)32(33(38-39)25-19-30(43-5)34(45-7)31(20-25)44-6)24-14-16-26(17-15-24)37-35(41)27-10-8-9-11-29(27)42-4/h8-20H,1-7H3,(H,37,41). The maximum atomic E-state index is 13.1. The Bertz CT molecular complexity index is 1890. The lowest BCUT2D eigenvalue weighted by molar-refractivity contribution is -0.132. The average molecular weight is 622 g/mol. The van der Waals surface area contributed by atoms with Gasteiger partial charge in [-0.2, -0.15) is 9.78 Å². The normalized spacial score (nSPS) is 10.7. The minimum absolute atomic E-state index is 0.232. The number of benzene rings is 4. The van der Waals surface area contributed by atoms with Gasteiger partial charge in [-0.3, -0.25) is 9.59 Å². The van der Waals surface area contributed by atoms with Crippen molar-refractivity contribution in [1.29, 1.82) is 0 Å². The van der Waals surface area contributed by atoms with Gasteiger partial charge in [-0.15, -0.1) is 0 Å². The van der Waals surface area contributed by atoms with E-state index < -0.39 is 5.97 Å². The number of amides is 1. The number of esters is 1. The molecule has 236 valence electrons. The molecule has 10 heteroatoms. The van der Waals surface area contributed by atoms with Crippen LogP contribution in [-0.2, 0) is 4.79 Å². The van der Waals surface area contributed by atoms with Crippen molar-refractivity contribution in [3.05, 3.63) is 95.6 Å². The molecule has 0 aliphatic rings. The summed E-state index contributed by atoms with van der Waals surface area (Å²) in [6.45, 7) is 5.29. The number of rotatable bonds is 10. The summed E-state index contributed by atoms with van der Waals surface area (Å²) < 4.78 is 29.7. The van der Waals surface area contributed by atoms with Gasteiger partial charge in [0.1, 0.15) is 11.4 Å². The molecule has 0 aliphatic heterocycles. The summed E-state index contributed by atoms with van der Waals surface area (Å²) in [5.74, 6) is 1.18. The minimum Gasteiger partial charge on any atom is -0.496 e. The predicted octanol–water partition coefficient (Wildman–Crippen LogP) is 7.04. The van der Waals surface area contributed by atoms with Crippen LogP contribution in [0.25, 0.3) is 28.1 Å². The summed E-state index contributed by atoms with van der Waals surface area (Å²) in [5.41, 5.74) is 6.03. The van der Waals surface area contributed by atoms with Crippen LogP contribution in [-0.4, -0.2) is 50.1 Å². The molecule has 0 bridgehead atoms. The molecule has 46 heavy (non-hydrogen) atoms. The predicted molar refractivity (Wildman–Crippen MR) is 176 cm³/mol. The quantitative estimate of drug-likeness (QED) is 0.166. The molecular weight excluding hydrogens is 586 g/mol. The van der Waals surface area contributed by atoms with Gasteiger partial charge in [-0.05, 0) is 73.0 Å². The number of hydrogen-bond donors (Lipinski definition) is 1. The van der Waals surface area contributed by atoms with Crippen LogP contribution in [0.15, 0.2) is 78.9 Å². The minimum atomic E-state index is -0.509. The first-order chi connectivity index (χ1) is 22.2. The summed E-state index contributed by atoms with van der Waals surface area (Å²) in [6.07, 6.45) is 0. The molecule has 0 saturated carbocycles. The first-order valence-corrected chi connectivity index (χ1v) is 14.4. The van der Waals surface area contributed by atoms with Gasteiger partial charge in [0, 0.05) is 18.2 Å². The van der Waals surface area contributed by atoms with Gasteiger partial charge in [-0.1, -0.05) is 36.4 Å². The molecule has 0 radical (unpaired) electrons. The average Bonchev–Trinajstić information content (AvgIpc) is 3.43.